The van der Waals surface area contributed by atoms with E-state index in [-0.39, 0.29) is 18.4 Å². The van der Waals surface area contributed by atoms with Crippen LogP contribution in [0.25, 0.3) is 0 Å². The maximum absolute atomic E-state index is 5.77. The van der Waals surface area contributed by atoms with E-state index in [9.17, 15) is 0 Å². The highest BCUT2D eigenvalue weighted by atomic mass is 16.7. The van der Waals surface area contributed by atoms with Crippen LogP contribution in [0.1, 0.15) is 18.8 Å². The zero-order valence-corrected chi connectivity index (χ0v) is 8.22. The number of nitrogens with two attached hydrogens (primary N) is 1. The average Bonchev–Trinajstić information content (AvgIpc) is 2.23. The molecule has 2 rings (SSSR count). The van der Waals surface area contributed by atoms with Gasteiger partial charge < -0.3 is 15.2 Å². The molecule has 0 unspecified atom stereocenters. The Morgan fingerprint density at radius 1 is 1.29 bits per heavy atom. The highest BCUT2D eigenvalue weighted by molar-refractivity contribution is 5.16. The summed E-state index contributed by atoms with van der Waals surface area (Å²) in [6, 6.07) is 9.89. The number of hydrogen-bond acceptors (Lipinski definition) is 3. The summed E-state index contributed by atoms with van der Waals surface area (Å²) in [6.07, 6.45) is -0.208. The van der Waals surface area contributed by atoms with Crippen molar-refractivity contribution in [1.82, 2.24) is 0 Å². The molecule has 0 radical (unpaired) electrons. The molecule has 3 atom stereocenters. The van der Waals surface area contributed by atoms with Crippen LogP contribution in [-0.2, 0) is 9.47 Å². The van der Waals surface area contributed by atoms with E-state index in [0.717, 1.165) is 5.56 Å². The van der Waals surface area contributed by atoms with Gasteiger partial charge in [0.15, 0.2) is 6.29 Å². The van der Waals surface area contributed by atoms with Gasteiger partial charge in [-0.25, -0.2) is 0 Å². The standard InChI is InChI=1S/C11H15NO2/c1-8-10(12)7-13-11(14-8)9-5-3-2-4-6-9/h2-6,8,10-11H,7,12H2,1H3/t8-,10+,11-/m0/s1. The minimum absolute atomic E-state index is 0.0186. The predicted molar refractivity (Wildman–Crippen MR) is 53.7 cm³/mol. The molecule has 1 heterocycles. The molecule has 1 aliphatic heterocycles. The van der Waals surface area contributed by atoms with Gasteiger partial charge >= 0.3 is 0 Å². The molecule has 76 valence electrons. The molecule has 3 nitrogen and oxygen atoms in total. The van der Waals surface area contributed by atoms with E-state index in [1.165, 1.54) is 0 Å². The van der Waals surface area contributed by atoms with Crippen molar-refractivity contribution in [1.29, 1.82) is 0 Å². The fourth-order valence-corrected chi connectivity index (χ4v) is 1.45. The van der Waals surface area contributed by atoms with Crippen molar-refractivity contribution in [2.24, 2.45) is 5.73 Å². The quantitative estimate of drug-likeness (QED) is 0.734. The van der Waals surface area contributed by atoms with Gasteiger partial charge in [0, 0.05) is 5.56 Å². The number of hydrogen-bond donors (Lipinski definition) is 1. The van der Waals surface area contributed by atoms with Gasteiger partial charge in [0.25, 0.3) is 0 Å². The van der Waals surface area contributed by atoms with Crippen LogP contribution in [-0.4, -0.2) is 18.8 Å². The SMILES string of the molecule is C[C@@H]1O[C@@H](c2ccccc2)OC[C@H]1N. The molecule has 0 bridgehead atoms. The van der Waals surface area contributed by atoms with Crippen molar-refractivity contribution in [3.05, 3.63) is 35.9 Å². The molecule has 0 saturated carbocycles. The monoisotopic (exact) mass is 193 g/mol. The maximum Gasteiger partial charge on any atom is 0.184 e. The molecule has 0 aromatic heterocycles. The Kier molecular flexibility index (Phi) is 2.82. The molecule has 2 N–H and O–H groups in total. The molecule has 1 saturated heterocycles. The van der Waals surface area contributed by atoms with Gasteiger partial charge in [-0.15, -0.1) is 0 Å². The molecule has 14 heavy (non-hydrogen) atoms. The molecule has 3 heteroatoms. The van der Waals surface area contributed by atoms with Crippen LogP contribution in [0.3, 0.4) is 0 Å². The smallest absolute Gasteiger partial charge is 0.184 e. The van der Waals surface area contributed by atoms with Gasteiger partial charge in [0.05, 0.1) is 18.8 Å². The topological polar surface area (TPSA) is 44.5 Å². The minimum Gasteiger partial charge on any atom is -0.347 e. The number of rotatable bonds is 1. The van der Waals surface area contributed by atoms with Gasteiger partial charge in [-0.3, -0.25) is 0 Å². The van der Waals surface area contributed by atoms with Crippen LogP contribution in [0.5, 0.6) is 0 Å². The van der Waals surface area contributed by atoms with E-state index >= 15 is 0 Å². The molecule has 0 spiro atoms. The fraction of sp³-hybridized carbons (Fsp3) is 0.455. The van der Waals surface area contributed by atoms with E-state index in [1.54, 1.807) is 0 Å². The molecule has 1 fully saturated rings. The summed E-state index contributed by atoms with van der Waals surface area (Å²) in [7, 11) is 0. The van der Waals surface area contributed by atoms with E-state index in [4.69, 9.17) is 15.2 Å². The summed E-state index contributed by atoms with van der Waals surface area (Å²) in [5.41, 5.74) is 6.82. The molecular formula is C11H15NO2. The van der Waals surface area contributed by atoms with Gasteiger partial charge in [-0.2, -0.15) is 0 Å². The van der Waals surface area contributed by atoms with Crippen molar-refractivity contribution >= 4 is 0 Å². The van der Waals surface area contributed by atoms with Crippen LogP contribution in [0, 0.1) is 0 Å². The second-order valence-electron chi connectivity index (χ2n) is 3.58. The first-order valence-electron chi connectivity index (χ1n) is 4.85. The van der Waals surface area contributed by atoms with Crippen LogP contribution >= 0.6 is 0 Å². The third kappa shape index (κ3) is 1.95. The molecule has 0 aliphatic carbocycles. The molecule has 1 aliphatic rings. The molecule has 0 amide bonds. The first-order chi connectivity index (χ1) is 6.77. The highest BCUT2D eigenvalue weighted by Crippen LogP contribution is 2.25. The zero-order chi connectivity index (χ0) is 9.97. The Balaban J connectivity index is 2.07. The third-order valence-electron chi connectivity index (χ3n) is 2.45. The second kappa shape index (κ2) is 4.09. The third-order valence-corrected chi connectivity index (χ3v) is 2.45. The average molecular weight is 193 g/mol. The normalized spacial score (nSPS) is 32.9. The Hall–Kier alpha value is -0.900. The van der Waals surface area contributed by atoms with E-state index in [1.807, 2.05) is 37.3 Å². The van der Waals surface area contributed by atoms with Crippen LogP contribution < -0.4 is 5.73 Å². The van der Waals surface area contributed by atoms with Gasteiger partial charge in [0.2, 0.25) is 0 Å². The van der Waals surface area contributed by atoms with Crippen molar-refractivity contribution in [2.45, 2.75) is 25.4 Å². The van der Waals surface area contributed by atoms with Crippen LogP contribution in [0.15, 0.2) is 30.3 Å². The summed E-state index contributed by atoms with van der Waals surface area (Å²) >= 11 is 0. The van der Waals surface area contributed by atoms with Crippen molar-refractivity contribution in [3.8, 4) is 0 Å². The van der Waals surface area contributed by atoms with E-state index in [0.29, 0.717) is 6.61 Å². The first-order valence-corrected chi connectivity index (χ1v) is 4.85. The number of ether oxygens (including phenoxy) is 2. The largest absolute Gasteiger partial charge is 0.347 e. The maximum atomic E-state index is 5.77. The summed E-state index contributed by atoms with van der Waals surface area (Å²) in [5, 5.41) is 0. The van der Waals surface area contributed by atoms with Gasteiger partial charge in [-0.05, 0) is 6.92 Å². The Labute approximate surface area is 83.8 Å². The molecule has 1 aromatic carbocycles. The Morgan fingerprint density at radius 2 is 2.00 bits per heavy atom. The second-order valence-corrected chi connectivity index (χ2v) is 3.58. The van der Waals surface area contributed by atoms with E-state index < -0.39 is 0 Å². The Bertz CT molecular complexity index is 289. The fourth-order valence-electron chi connectivity index (χ4n) is 1.45. The number of benzene rings is 1. The lowest BCUT2D eigenvalue weighted by atomic mass is 10.1. The lowest BCUT2D eigenvalue weighted by molar-refractivity contribution is -0.219. The van der Waals surface area contributed by atoms with Crippen LogP contribution in [0.4, 0.5) is 0 Å². The highest BCUT2D eigenvalue weighted by Gasteiger charge is 2.26. The summed E-state index contributed by atoms with van der Waals surface area (Å²) in [6.45, 7) is 2.53. The molecular weight excluding hydrogens is 178 g/mol. The predicted octanol–water partition coefficient (Wildman–Crippen LogP) is 1.45. The van der Waals surface area contributed by atoms with Gasteiger partial charge in [0.1, 0.15) is 0 Å². The zero-order valence-electron chi connectivity index (χ0n) is 8.22. The van der Waals surface area contributed by atoms with Crippen LogP contribution in [0.2, 0.25) is 0 Å². The minimum atomic E-state index is -0.258. The Morgan fingerprint density at radius 3 is 2.64 bits per heavy atom. The van der Waals surface area contributed by atoms with Crippen molar-refractivity contribution < 1.29 is 9.47 Å². The van der Waals surface area contributed by atoms with Gasteiger partial charge in [-0.1, -0.05) is 30.3 Å². The van der Waals surface area contributed by atoms with Crippen molar-refractivity contribution in [3.63, 3.8) is 0 Å². The first kappa shape index (κ1) is 9.65. The lowest BCUT2D eigenvalue weighted by Gasteiger charge is -2.32. The van der Waals surface area contributed by atoms with Crippen molar-refractivity contribution in [2.75, 3.05) is 6.61 Å². The van der Waals surface area contributed by atoms with E-state index in [2.05, 4.69) is 0 Å². The summed E-state index contributed by atoms with van der Waals surface area (Å²) in [4.78, 5) is 0. The molecule has 1 aromatic rings. The summed E-state index contributed by atoms with van der Waals surface area (Å²) in [5.74, 6) is 0. The summed E-state index contributed by atoms with van der Waals surface area (Å²) < 4.78 is 11.1. The lowest BCUT2D eigenvalue weighted by Crippen LogP contribution is -2.44.